The average Bonchev–Trinajstić information content (AvgIpc) is 2.91. The van der Waals surface area contributed by atoms with Crippen molar-refractivity contribution in [1.29, 1.82) is 0 Å². The summed E-state index contributed by atoms with van der Waals surface area (Å²) in [7, 11) is 0. The Bertz CT molecular complexity index is 807. The maximum Gasteiger partial charge on any atom is 0.134 e. The van der Waals surface area contributed by atoms with E-state index in [0.717, 1.165) is 11.1 Å². The lowest BCUT2D eigenvalue weighted by molar-refractivity contribution is 0.616. The first-order valence-corrected chi connectivity index (χ1v) is 5.30. The van der Waals surface area contributed by atoms with Crippen molar-refractivity contribution in [2.24, 2.45) is 0 Å². The van der Waals surface area contributed by atoms with Gasteiger partial charge in [0.25, 0.3) is 0 Å². The Balaban J connectivity index is 2.42. The zero-order valence-corrected chi connectivity index (χ0v) is 8.53. The molecule has 0 unspecified atom stereocenters. The van der Waals surface area contributed by atoms with Crippen LogP contribution in [0.5, 0.6) is 0 Å². The Kier molecular flexibility index (Phi) is 1.33. The highest BCUT2D eigenvalue weighted by Gasteiger charge is 2.08. The van der Waals surface area contributed by atoms with E-state index >= 15 is 0 Å². The molecule has 0 saturated carbocycles. The fraction of sp³-hybridized carbons (Fsp3) is 0. The second kappa shape index (κ2) is 2.67. The average molecular weight is 207 g/mol. The van der Waals surface area contributed by atoms with Gasteiger partial charge in [-0.1, -0.05) is 18.2 Å². The minimum atomic E-state index is 0.942. The topological polar surface area (TPSA) is 28.9 Å². The molecule has 0 atom stereocenters. The molecule has 0 radical (unpaired) electrons. The van der Waals surface area contributed by atoms with E-state index in [1.54, 1.807) is 6.26 Å². The van der Waals surface area contributed by atoms with Crippen LogP contribution in [0.3, 0.4) is 0 Å². The number of fused-ring (bicyclic) bond motifs is 5. The summed E-state index contributed by atoms with van der Waals surface area (Å²) in [6, 6.07) is 14.5. The molecular weight excluding hydrogens is 198 g/mol. The van der Waals surface area contributed by atoms with Gasteiger partial charge in [0.1, 0.15) is 5.58 Å². The molecule has 0 aliphatic carbocycles. The third kappa shape index (κ3) is 0.865. The maximum atomic E-state index is 5.43. The number of aromatic nitrogens is 1. The van der Waals surface area contributed by atoms with E-state index in [9.17, 15) is 0 Å². The van der Waals surface area contributed by atoms with Crippen LogP contribution in [-0.2, 0) is 0 Å². The SMILES string of the molecule is c1ccc2c(c1)[nH]c1ccc3occc3c12. The van der Waals surface area contributed by atoms with Crippen LogP contribution in [0.4, 0.5) is 0 Å². The Morgan fingerprint density at radius 1 is 0.812 bits per heavy atom. The number of rotatable bonds is 0. The third-order valence-electron chi connectivity index (χ3n) is 3.10. The third-order valence-corrected chi connectivity index (χ3v) is 3.10. The molecule has 4 aromatic rings. The Labute approximate surface area is 91.5 Å². The smallest absolute Gasteiger partial charge is 0.134 e. The molecule has 0 spiro atoms. The molecule has 0 aliphatic rings. The lowest BCUT2D eigenvalue weighted by atomic mass is 10.1. The first-order valence-electron chi connectivity index (χ1n) is 5.30. The fourth-order valence-corrected chi connectivity index (χ4v) is 2.39. The molecule has 2 aromatic carbocycles. The zero-order chi connectivity index (χ0) is 10.5. The Morgan fingerprint density at radius 3 is 2.75 bits per heavy atom. The lowest BCUT2D eigenvalue weighted by Crippen LogP contribution is -1.68. The number of aromatic amines is 1. The molecule has 1 N–H and O–H groups in total. The van der Waals surface area contributed by atoms with Gasteiger partial charge in [-0.15, -0.1) is 0 Å². The summed E-state index contributed by atoms with van der Waals surface area (Å²) in [5, 5.41) is 3.68. The summed E-state index contributed by atoms with van der Waals surface area (Å²) in [6.45, 7) is 0. The summed E-state index contributed by atoms with van der Waals surface area (Å²) in [4.78, 5) is 3.42. The minimum Gasteiger partial charge on any atom is -0.464 e. The molecule has 76 valence electrons. The molecule has 2 aromatic heterocycles. The van der Waals surface area contributed by atoms with Crippen molar-refractivity contribution >= 4 is 32.8 Å². The fourth-order valence-electron chi connectivity index (χ4n) is 2.39. The largest absolute Gasteiger partial charge is 0.464 e. The monoisotopic (exact) mass is 207 g/mol. The van der Waals surface area contributed by atoms with Gasteiger partial charge in [-0.3, -0.25) is 0 Å². The molecular formula is C14H9NO. The van der Waals surface area contributed by atoms with Gasteiger partial charge in [-0.05, 0) is 24.3 Å². The van der Waals surface area contributed by atoms with Crippen molar-refractivity contribution in [1.82, 2.24) is 4.98 Å². The standard InChI is InChI=1S/C14H9NO/c1-2-4-11-9(3-1)14-10-7-8-16-13(10)6-5-12(14)15-11/h1-8,15H. The van der Waals surface area contributed by atoms with Crippen LogP contribution in [0.25, 0.3) is 32.8 Å². The molecule has 16 heavy (non-hydrogen) atoms. The molecule has 0 aliphatic heterocycles. The number of hydrogen-bond donors (Lipinski definition) is 1. The number of benzene rings is 2. The minimum absolute atomic E-state index is 0.942. The van der Waals surface area contributed by atoms with Gasteiger partial charge in [-0.25, -0.2) is 0 Å². The highest BCUT2D eigenvalue weighted by molar-refractivity contribution is 6.19. The molecule has 2 heterocycles. The van der Waals surface area contributed by atoms with Gasteiger partial charge in [0, 0.05) is 27.2 Å². The first kappa shape index (κ1) is 7.99. The Hall–Kier alpha value is -2.22. The van der Waals surface area contributed by atoms with Crippen LogP contribution >= 0.6 is 0 Å². The lowest BCUT2D eigenvalue weighted by Gasteiger charge is -1.92. The van der Waals surface area contributed by atoms with Gasteiger partial charge < -0.3 is 9.40 Å². The summed E-state index contributed by atoms with van der Waals surface area (Å²) in [6.07, 6.45) is 1.74. The van der Waals surface area contributed by atoms with E-state index in [2.05, 4.69) is 29.2 Å². The van der Waals surface area contributed by atoms with Crippen LogP contribution in [-0.4, -0.2) is 4.98 Å². The van der Waals surface area contributed by atoms with Crippen molar-refractivity contribution in [3.63, 3.8) is 0 Å². The van der Waals surface area contributed by atoms with E-state index < -0.39 is 0 Å². The summed E-state index contributed by atoms with van der Waals surface area (Å²) >= 11 is 0. The van der Waals surface area contributed by atoms with Crippen LogP contribution in [0.15, 0.2) is 53.1 Å². The maximum absolute atomic E-state index is 5.43. The number of para-hydroxylation sites is 1. The molecule has 0 bridgehead atoms. The normalized spacial score (nSPS) is 11.8. The number of hydrogen-bond acceptors (Lipinski definition) is 1. The van der Waals surface area contributed by atoms with E-state index in [4.69, 9.17) is 4.42 Å². The van der Waals surface area contributed by atoms with Crippen molar-refractivity contribution in [3.05, 3.63) is 48.7 Å². The quantitative estimate of drug-likeness (QED) is 0.462. The predicted octanol–water partition coefficient (Wildman–Crippen LogP) is 4.07. The van der Waals surface area contributed by atoms with Crippen LogP contribution < -0.4 is 0 Å². The number of H-pyrrole nitrogens is 1. The van der Waals surface area contributed by atoms with Crippen molar-refractivity contribution < 1.29 is 4.42 Å². The van der Waals surface area contributed by atoms with Gasteiger partial charge >= 0.3 is 0 Å². The van der Waals surface area contributed by atoms with E-state index in [1.165, 1.54) is 21.7 Å². The molecule has 0 saturated heterocycles. The first-order chi connectivity index (χ1) is 7.93. The van der Waals surface area contributed by atoms with E-state index in [1.807, 2.05) is 18.2 Å². The summed E-state index contributed by atoms with van der Waals surface area (Å²) < 4.78 is 5.43. The molecule has 4 rings (SSSR count). The van der Waals surface area contributed by atoms with E-state index in [-0.39, 0.29) is 0 Å². The van der Waals surface area contributed by atoms with Gasteiger partial charge in [0.05, 0.1) is 6.26 Å². The van der Waals surface area contributed by atoms with E-state index in [0.29, 0.717) is 0 Å². The Morgan fingerprint density at radius 2 is 1.75 bits per heavy atom. The summed E-state index contributed by atoms with van der Waals surface area (Å²) in [5.41, 5.74) is 3.28. The second-order valence-corrected chi connectivity index (χ2v) is 3.99. The van der Waals surface area contributed by atoms with Gasteiger partial charge in [-0.2, -0.15) is 0 Å². The predicted molar refractivity (Wildman–Crippen MR) is 65.6 cm³/mol. The van der Waals surface area contributed by atoms with Crippen LogP contribution in [0.2, 0.25) is 0 Å². The highest BCUT2D eigenvalue weighted by Crippen LogP contribution is 2.32. The molecule has 0 amide bonds. The van der Waals surface area contributed by atoms with Crippen molar-refractivity contribution in [2.75, 3.05) is 0 Å². The molecule has 2 heteroatoms. The van der Waals surface area contributed by atoms with Crippen molar-refractivity contribution in [2.45, 2.75) is 0 Å². The van der Waals surface area contributed by atoms with Gasteiger partial charge in [0.2, 0.25) is 0 Å². The van der Waals surface area contributed by atoms with Crippen LogP contribution in [0.1, 0.15) is 0 Å². The zero-order valence-electron chi connectivity index (χ0n) is 8.53. The molecule has 2 nitrogen and oxygen atoms in total. The number of nitrogens with one attached hydrogen (secondary N) is 1. The summed E-state index contributed by atoms with van der Waals surface area (Å²) in [5.74, 6) is 0. The molecule has 0 fully saturated rings. The second-order valence-electron chi connectivity index (χ2n) is 3.99. The van der Waals surface area contributed by atoms with Gasteiger partial charge in [0.15, 0.2) is 0 Å². The van der Waals surface area contributed by atoms with Crippen LogP contribution in [0, 0.1) is 0 Å². The highest BCUT2D eigenvalue weighted by atomic mass is 16.3. The number of furan rings is 1. The van der Waals surface area contributed by atoms with Crippen molar-refractivity contribution in [3.8, 4) is 0 Å².